The van der Waals surface area contributed by atoms with Gasteiger partial charge in [0.1, 0.15) is 29.9 Å². The number of hydrogen-bond donors (Lipinski definition) is 7. The van der Waals surface area contributed by atoms with Crippen molar-refractivity contribution in [1.82, 2.24) is 49.9 Å². The lowest BCUT2D eigenvalue weighted by molar-refractivity contribution is -0.140. The second-order valence-electron chi connectivity index (χ2n) is 22.5. The summed E-state index contributed by atoms with van der Waals surface area (Å²) in [6.07, 6.45) is 3.17. The third-order valence-electron chi connectivity index (χ3n) is 15.0. The number of carboxylic acid groups (broad SMARTS) is 3. The summed E-state index contributed by atoms with van der Waals surface area (Å²) in [7, 11) is -3.25. The van der Waals surface area contributed by atoms with E-state index in [1.165, 1.54) is 13.3 Å². The summed E-state index contributed by atoms with van der Waals surface area (Å²) >= 11 is 13.0. The molecule has 0 unspecified atom stereocenters. The normalized spacial score (nSPS) is 16.3. The first kappa shape index (κ1) is 73.2. The minimum absolute atomic E-state index is 0.0279. The predicted octanol–water partition coefficient (Wildman–Crippen LogP) is 1.42. The summed E-state index contributed by atoms with van der Waals surface area (Å²) in [4.78, 5) is 101. The van der Waals surface area contributed by atoms with Crippen molar-refractivity contribution >= 4 is 80.5 Å². The zero-order valence-corrected chi connectivity index (χ0v) is 54.2. The van der Waals surface area contributed by atoms with Crippen molar-refractivity contribution < 1.29 is 95.0 Å². The average molecular weight is 1370 g/mol. The number of rotatable bonds is 32. The molecular weight excluding hydrogens is 1290 g/mol. The molecule has 0 radical (unpaired) electrons. The van der Waals surface area contributed by atoms with Crippen molar-refractivity contribution in [3.05, 3.63) is 70.1 Å². The van der Waals surface area contributed by atoms with Gasteiger partial charge in [0.05, 0.1) is 135 Å². The van der Waals surface area contributed by atoms with Crippen LogP contribution in [-0.2, 0) is 69.2 Å². The maximum atomic E-state index is 14.4. The summed E-state index contributed by atoms with van der Waals surface area (Å²) in [6.45, 7) is 5.60. The molecule has 2 fully saturated rings. The molecule has 31 nitrogen and oxygen atoms in total. The standard InChI is InChI=1S/C59H79Cl2N11O20S/c1-59(2)38-91-17-14-71(59)58(82)55-46-36-92-49-29-48(86-3)44(28-45(49)56(46)72(66-55)43-26-40(60)25-41(61)27-43)39-24-42(31-62-30-39)64-50(73)4-15-87-18-20-89-22-23-90-21-19-88-16-5-63-57(81)47(37-93(83,84)85)65-51(74)32-67-6-8-68(33-52(75)76)10-12-70(35-54(79)80)13-11-69(9-7-67)34-53(77)78/h24-31,47H,4-23,32-38H2,1-3H3,(H,63,81)(H,64,73)(H,65,74)(H,75,76)(H,77,78)(H,79,80)(H,83,84,85)/t47-/m0/s1. The van der Waals surface area contributed by atoms with Crippen molar-refractivity contribution in [1.29, 1.82) is 0 Å². The topological polar surface area (TPSA) is 382 Å². The van der Waals surface area contributed by atoms with Gasteiger partial charge in [-0.25, -0.2) is 4.68 Å². The van der Waals surface area contributed by atoms with Crippen molar-refractivity contribution in [2.45, 2.75) is 38.5 Å². The highest BCUT2D eigenvalue weighted by Crippen LogP contribution is 2.47. The lowest BCUT2D eigenvalue weighted by Crippen LogP contribution is -2.55. The molecule has 3 aliphatic heterocycles. The molecular formula is C59H79Cl2N11O20S. The maximum absolute atomic E-state index is 14.4. The molecule has 2 aromatic carbocycles. The van der Waals surface area contributed by atoms with Gasteiger partial charge in [-0.2, -0.15) is 13.5 Å². The molecule has 3 aliphatic rings. The van der Waals surface area contributed by atoms with E-state index < -0.39 is 63.7 Å². The summed E-state index contributed by atoms with van der Waals surface area (Å²) < 4.78 is 75.2. The molecule has 510 valence electrons. The number of nitrogens with one attached hydrogen (secondary N) is 3. The number of carboxylic acids is 3. The molecule has 2 aromatic heterocycles. The molecule has 0 spiro atoms. The zero-order valence-electron chi connectivity index (χ0n) is 51.9. The Labute approximate surface area is 547 Å². The van der Waals surface area contributed by atoms with Gasteiger partial charge < -0.3 is 69.3 Å². The lowest BCUT2D eigenvalue weighted by atomic mass is 9.95. The maximum Gasteiger partial charge on any atom is 0.317 e. The van der Waals surface area contributed by atoms with E-state index in [0.717, 1.165) is 0 Å². The first-order chi connectivity index (χ1) is 44.4. The number of morpholine rings is 1. The number of methoxy groups -OCH3 is 1. The number of nitrogens with zero attached hydrogens (tertiary/aromatic N) is 8. The number of aliphatic carboxylic acids is 3. The monoisotopic (exact) mass is 1360 g/mol. The van der Waals surface area contributed by atoms with Crippen LogP contribution in [0.5, 0.6) is 11.5 Å². The van der Waals surface area contributed by atoms with Crippen LogP contribution in [0.4, 0.5) is 5.69 Å². The second-order valence-corrected chi connectivity index (χ2v) is 24.9. The van der Waals surface area contributed by atoms with Gasteiger partial charge in [-0.3, -0.25) is 62.7 Å². The number of fused-ring (bicyclic) bond motifs is 3. The van der Waals surface area contributed by atoms with Gasteiger partial charge in [0.15, 0.2) is 5.69 Å². The molecule has 4 amide bonds. The molecule has 4 aromatic rings. The number of carbonyl (C=O) groups is 7. The summed E-state index contributed by atoms with van der Waals surface area (Å²) in [5.41, 5.74) is 3.55. The molecule has 1 atom stereocenters. The van der Waals surface area contributed by atoms with Crippen LogP contribution in [0.3, 0.4) is 0 Å². The number of amides is 4. The number of hydrogen-bond acceptors (Lipinski definition) is 22. The molecule has 93 heavy (non-hydrogen) atoms. The molecule has 5 heterocycles. The number of aromatic nitrogens is 3. The van der Waals surface area contributed by atoms with Crippen molar-refractivity contribution in [3.8, 4) is 39.6 Å². The second kappa shape index (κ2) is 35.4. The fourth-order valence-corrected chi connectivity index (χ4v) is 11.6. The molecule has 0 saturated carbocycles. The highest BCUT2D eigenvalue weighted by Gasteiger charge is 2.40. The van der Waals surface area contributed by atoms with Gasteiger partial charge in [-0.1, -0.05) is 23.2 Å². The largest absolute Gasteiger partial charge is 0.496 e. The smallest absolute Gasteiger partial charge is 0.317 e. The van der Waals surface area contributed by atoms with Crippen molar-refractivity contribution in [2.75, 3.05) is 176 Å². The quantitative estimate of drug-likeness (QED) is 0.0268. The number of benzene rings is 2. The molecule has 34 heteroatoms. The number of pyridine rings is 1. The minimum Gasteiger partial charge on any atom is -0.496 e. The van der Waals surface area contributed by atoms with E-state index in [0.29, 0.717) is 80.6 Å². The van der Waals surface area contributed by atoms with E-state index in [1.54, 1.807) is 65.7 Å². The first-order valence-corrected chi connectivity index (χ1v) is 32.2. The SMILES string of the molecule is COc1cc2c(cc1-c1cncc(NC(=O)CCOCCOCCOCCOCCNC(=O)[C@H](CS(=O)(=O)O)NC(=O)CN3CCN(CC(=O)O)CCN(CC(=O)O)CCN(CC(=O)O)CC3)c1)-c1c(c(C(=O)N3CCOCC3(C)C)nn1-c1cc(Cl)cc(Cl)c1)CO2. The van der Waals surface area contributed by atoms with Gasteiger partial charge in [-0.05, 0) is 44.2 Å². The number of ether oxygens (including phenoxy) is 7. The van der Waals surface area contributed by atoms with Crippen LogP contribution >= 0.6 is 23.2 Å². The Morgan fingerprint density at radius 1 is 0.688 bits per heavy atom. The van der Waals surface area contributed by atoms with Crippen molar-refractivity contribution in [3.63, 3.8) is 0 Å². The van der Waals surface area contributed by atoms with Crippen LogP contribution in [0.25, 0.3) is 28.1 Å². The third-order valence-corrected chi connectivity index (χ3v) is 16.2. The Balaban J connectivity index is 0.804. The number of carbonyl (C=O) groups excluding carboxylic acids is 4. The van der Waals surface area contributed by atoms with Gasteiger partial charge in [0.2, 0.25) is 17.7 Å². The van der Waals surface area contributed by atoms with Crippen LogP contribution in [0.2, 0.25) is 10.0 Å². The fraction of sp³-hybridized carbons (Fsp3) is 0.542. The van der Waals surface area contributed by atoms with E-state index in [2.05, 4.69) is 20.9 Å². The minimum atomic E-state index is -4.78. The van der Waals surface area contributed by atoms with E-state index in [9.17, 15) is 61.9 Å². The summed E-state index contributed by atoms with van der Waals surface area (Å²) in [6, 6.07) is 8.68. The Kier molecular flexibility index (Phi) is 27.8. The van der Waals surface area contributed by atoms with E-state index in [-0.39, 0.29) is 162 Å². The van der Waals surface area contributed by atoms with Crippen LogP contribution < -0.4 is 25.4 Å². The lowest BCUT2D eigenvalue weighted by Gasteiger charge is -2.41. The number of anilines is 1. The molecule has 7 N–H and O–H groups in total. The fourth-order valence-electron chi connectivity index (χ4n) is 10.5. The average Bonchev–Trinajstić information content (AvgIpc) is 1.65. The molecule has 0 bridgehead atoms. The Morgan fingerprint density at radius 3 is 1.77 bits per heavy atom. The van der Waals surface area contributed by atoms with Crippen LogP contribution in [0.1, 0.15) is 36.3 Å². The predicted molar refractivity (Wildman–Crippen MR) is 336 cm³/mol. The van der Waals surface area contributed by atoms with E-state index >= 15 is 0 Å². The third kappa shape index (κ3) is 23.1. The zero-order chi connectivity index (χ0) is 67.2. The van der Waals surface area contributed by atoms with Crippen LogP contribution in [0.15, 0.2) is 48.8 Å². The molecule has 0 aliphatic carbocycles. The Bertz CT molecular complexity index is 3330. The Morgan fingerprint density at radius 2 is 1.24 bits per heavy atom. The molecule has 2 saturated heterocycles. The van der Waals surface area contributed by atoms with E-state index in [4.69, 9.17) is 61.5 Å². The summed E-state index contributed by atoms with van der Waals surface area (Å²) in [5.74, 6) is -5.93. The highest BCUT2D eigenvalue weighted by molar-refractivity contribution is 7.85. The first-order valence-electron chi connectivity index (χ1n) is 29.8. The van der Waals surface area contributed by atoms with Crippen molar-refractivity contribution in [2.24, 2.45) is 0 Å². The molecule has 7 rings (SSSR count). The Hall–Kier alpha value is -7.18. The van der Waals surface area contributed by atoms with Gasteiger partial charge in [-0.15, -0.1) is 0 Å². The van der Waals surface area contributed by atoms with Crippen LogP contribution in [0, 0.1) is 0 Å². The van der Waals surface area contributed by atoms with Crippen LogP contribution in [-0.4, -0.2) is 291 Å². The van der Waals surface area contributed by atoms with E-state index in [1.807, 2.05) is 19.9 Å². The van der Waals surface area contributed by atoms with Gasteiger partial charge in [0, 0.05) is 110 Å². The highest BCUT2D eigenvalue weighted by atomic mass is 35.5. The summed E-state index contributed by atoms with van der Waals surface area (Å²) in [5, 5.41) is 41.7. The number of halogens is 2. The van der Waals surface area contributed by atoms with Gasteiger partial charge in [0.25, 0.3) is 16.0 Å². The van der Waals surface area contributed by atoms with Gasteiger partial charge >= 0.3 is 17.9 Å².